The van der Waals surface area contributed by atoms with Crippen LogP contribution in [0.2, 0.25) is 0 Å². The van der Waals surface area contributed by atoms with Crippen LogP contribution in [-0.4, -0.2) is 36.0 Å². The minimum absolute atomic E-state index is 0.00977. The first-order valence-electron chi connectivity index (χ1n) is 5.11. The van der Waals surface area contributed by atoms with Gasteiger partial charge in [-0.2, -0.15) is 0 Å². The molecule has 2 rings (SSSR count). The predicted octanol–water partition coefficient (Wildman–Crippen LogP) is -0.608. The fraction of sp³-hybridized carbons (Fsp3) is 0.778. The number of hydrogen-bond donors (Lipinski definition) is 2. The number of nitrogens with one attached hydrogen (secondary N) is 2. The molecule has 0 bridgehead atoms. The maximum absolute atomic E-state index is 11.8. The van der Waals surface area contributed by atoms with Gasteiger partial charge in [0.2, 0.25) is 5.91 Å². The number of hydrogen-bond acceptors (Lipinski definition) is 3. The lowest BCUT2D eigenvalue weighted by atomic mass is 10.2. The molecule has 1 atom stereocenters. The average molecular weight is 197 g/mol. The van der Waals surface area contributed by atoms with E-state index >= 15 is 0 Å². The lowest BCUT2D eigenvalue weighted by Gasteiger charge is -2.29. The van der Waals surface area contributed by atoms with Gasteiger partial charge in [-0.1, -0.05) is 0 Å². The van der Waals surface area contributed by atoms with Crippen molar-refractivity contribution in [2.75, 3.05) is 13.1 Å². The smallest absolute Gasteiger partial charge is 0.259 e. The second-order valence-corrected chi connectivity index (χ2v) is 3.76. The predicted molar refractivity (Wildman–Crippen MR) is 50.1 cm³/mol. The van der Waals surface area contributed by atoms with Gasteiger partial charge in [0.25, 0.3) is 5.91 Å². The van der Waals surface area contributed by atoms with Crippen LogP contribution < -0.4 is 10.7 Å². The van der Waals surface area contributed by atoms with Crippen LogP contribution in [0.5, 0.6) is 0 Å². The van der Waals surface area contributed by atoms with E-state index in [1.54, 1.807) is 5.01 Å². The van der Waals surface area contributed by atoms with Gasteiger partial charge < -0.3 is 5.32 Å². The van der Waals surface area contributed by atoms with Crippen LogP contribution in [0.4, 0.5) is 0 Å². The number of rotatable bonds is 1. The highest BCUT2D eigenvalue weighted by Gasteiger charge is 2.31. The van der Waals surface area contributed by atoms with Crippen LogP contribution in [0.15, 0.2) is 0 Å². The first kappa shape index (κ1) is 9.45. The Morgan fingerprint density at radius 3 is 2.86 bits per heavy atom. The number of carbonyl (C=O) groups is 2. The van der Waals surface area contributed by atoms with Crippen molar-refractivity contribution in [2.24, 2.45) is 0 Å². The van der Waals surface area contributed by atoms with Crippen molar-refractivity contribution in [1.29, 1.82) is 0 Å². The Bertz CT molecular complexity index is 248. The van der Waals surface area contributed by atoms with Gasteiger partial charge in [-0.15, -0.1) is 0 Å². The molecule has 2 heterocycles. The molecule has 0 radical (unpaired) electrons. The second-order valence-electron chi connectivity index (χ2n) is 3.76. The van der Waals surface area contributed by atoms with Crippen molar-refractivity contribution < 1.29 is 9.59 Å². The fourth-order valence-electron chi connectivity index (χ4n) is 1.86. The van der Waals surface area contributed by atoms with E-state index in [-0.39, 0.29) is 17.9 Å². The summed E-state index contributed by atoms with van der Waals surface area (Å²) in [7, 11) is 0. The highest BCUT2D eigenvalue weighted by molar-refractivity contribution is 5.90. The SMILES string of the molecule is O=C1CC[C@H](C(=O)N2CCCCN2)N1. The molecule has 0 saturated carbocycles. The van der Waals surface area contributed by atoms with Crippen LogP contribution in [0.25, 0.3) is 0 Å². The first-order chi connectivity index (χ1) is 6.77. The van der Waals surface area contributed by atoms with Gasteiger partial charge in [0.1, 0.15) is 6.04 Å². The summed E-state index contributed by atoms with van der Waals surface area (Å²) in [5, 5.41) is 4.32. The van der Waals surface area contributed by atoms with Gasteiger partial charge in [-0.25, -0.2) is 5.43 Å². The molecule has 0 aromatic heterocycles. The van der Waals surface area contributed by atoms with Gasteiger partial charge in [-0.05, 0) is 19.3 Å². The van der Waals surface area contributed by atoms with Gasteiger partial charge in [-0.3, -0.25) is 14.6 Å². The van der Waals surface area contributed by atoms with E-state index < -0.39 is 0 Å². The quantitative estimate of drug-likeness (QED) is 0.589. The molecule has 78 valence electrons. The molecular weight excluding hydrogens is 182 g/mol. The maximum atomic E-state index is 11.8. The van der Waals surface area contributed by atoms with Gasteiger partial charge in [0.05, 0.1) is 0 Å². The summed E-state index contributed by atoms with van der Waals surface area (Å²) < 4.78 is 0. The summed E-state index contributed by atoms with van der Waals surface area (Å²) in [5.41, 5.74) is 3.04. The zero-order valence-corrected chi connectivity index (χ0v) is 8.08. The normalized spacial score (nSPS) is 27.6. The second kappa shape index (κ2) is 3.96. The van der Waals surface area contributed by atoms with E-state index in [1.165, 1.54) is 0 Å². The molecule has 0 aliphatic carbocycles. The molecule has 2 amide bonds. The molecule has 2 aliphatic heterocycles. The van der Waals surface area contributed by atoms with E-state index in [9.17, 15) is 9.59 Å². The summed E-state index contributed by atoms with van der Waals surface area (Å²) in [6, 6.07) is -0.298. The van der Waals surface area contributed by atoms with Crippen molar-refractivity contribution in [3.8, 4) is 0 Å². The molecule has 2 saturated heterocycles. The molecule has 5 heteroatoms. The van der Waals surface area contributed by atoms with Crippen LogP contribution in [-0.2, 0) is 9.59 Å². The highest BCUT2D eigenvalue weighted by atomic mass is 16.2. The molecule has 0 aromatic rings. The Morgan fingerprint density at radius 2 is 2.29 bits per heavy atom. The van der Waals surface area contributed by atoms with E-state index in [4.69, 9.17) is 0 Å². The Morgan fingerprint density at radius 1 is 1.43 bits per heavy atom. The third-order valence-corrected chi connectivity index (χ3v) is 2.67. The van der Waals surface area contributed by atoms with E-state index in [0.717, 1.165) is 25.9 Å². The molecular formula is C9H15N3O2. The summed E-state index contributed by atoms with van der Waals surface area (Å²) in [4.78, 5) is 22.7. The zero-order chi connectivity index (χ0) is 9.97. The van der Waals surface area contributed by atoms with Crippen LogP contribution in [0.1, 0.15) is 25.7 Å². The molecule has 2 fully saturated rings. The third kappa shape index (κ3) is 1.87. The summed E-state index contributed by atoms with van der Waals surface area (Å²) in [6.07, 6.45) is 3.26. The molecule has 0 unspecified atom stereocenters. The molecule has 0 spiro atoms. The number of carbonyl (C=O) groups excluding carboxylic acids is 2. The average Bonchev–Trinajstić information content (AvgIpc) is 2.65. The van der Waals surface area contributed by atoms with Crippen LogP contribution in [0, 0.1) is 0 Å². The van der Waals surface area contributed by atoms with Gasteiger partial charge >= 0.3 is 0 Å². The van der Waals surface area contributed by atoms with Crippen LogP contribution in [0.3, 0.4) is 0 Å². The largest absolute Gasteiger partial charge is 0.344 e. The Balaban J connectivity index is 1.90. The summed E-state index contributed by atoms with van der Waals surface area (Å²) in [5.74, 6) is -0.00379. The monoisotopic (exact) mass is 197 g/mol. The molecule has 5 nitrogen and oxygen atoms in total. The van der Waals surface area contributed by atoms with Crippen LogP contribution >= 0.6 is 0 Å². The maximum Gasteiger partial charge on any atom is 0.259 e. The lowest BCUT2D eigenvalue weighted by Crippen LogP contribution is -2.53. The van der Waals surface area contributed by atoms with E-state index in [1.807, 2.05) is 0 Å². The van der Waals surface area contributed by atoms with E-state index in [0.29, 0.717) is 12.8 Å². The molecule has 14 heavy (non-hydrogen) atoms. The van der Waals surface area contributed by atoms with Crippen molar-refractivity contribution in [3.63, 3.8) is 0 Å². The number of nitrogens with zero attached hydrogens (tertiary/aromatic N) is 1. The Hall–Kier alpha value is -1.10. The fourth-order valence-corrected chi connectivity index (χ4v) is 1.86. The molecule has 2 aliphatic rings. The zero-order valence-electron chi connectivity index (χ0n) is 8.08. The van der Waals surface area contributed by atoms with Crippen molar-refractivity contribution >= 4 is 11.8 Å². The lowest BCUT2D eigenvalue weighted by molar-refractivity contribution is -0.138. The Labute approximate surface area is 82.8 Å². The van der Waals surface area contributed by atoms with Gasteiger partial charge in [0, 0.05) is 19.5 Å². The molecule has 2 N–H and O–H groups in total. The number of hydrazine groups is 1. The minimum Gasteiger partial charge on any atom is -0.344 e. The van der Waals surface area contributed by atoms with Crippen molar-refractivity contribution in [1.82, 2.24) is 15.8 Å². The van der Waals surface area contributed by atoms with Gasteiger partial charge in [0.15, 0.2) is 0 Å². The Kier molecular flexibility index (Phi) is 2.67. The standard InChI is InChI=1S/C9H15N3O2/c13-8-4-3-7(11-8)9(14)12-6-2-1-5-10-12/h7,10H,1-6H2,(H,11,13)/t7-/m1/s1. The first-order valence-corrected chi connectivity index (χ1v) is 5.11. The minimum atomic E-state index is -0.298. The highest BCUT2D eigenvalue weighted by Crippen LogP contribution is 2.10. The molecule has 0 aromatic carbocycles. The van der Waals surface area contributed by atoms with Crippen molar-refractivity contribution in [2.45, 2.75) is 31.7 Å². The third-order valence-electron chi connectivity index (χ3n) is 2.67. The number of amides is 2. The topological polar surface area (TPSA) is 61.4 Å². The van der Waals surface area contributed by atoms with E-state index in [2.05, 4.69) is 10.7 Å². The summed E-state index contributed by atoms with van der Waals surface area (Å²) in [6.45, 7) is 1.61. The van der Waals surface area contributed by atoms with Crippen molar-refractivity contribution in [3.05, 3.63) is 0 Å². The summed E-state index contributed by atoms with van der Waals surface area (Å²) >= 11 is 0.